The SMILES string of the molecule is CCCCC(CN)NC(=O)c1cccc(NC(N)=O)c1.Cl. The van der Waals surface area contributed by atoms with Crippen molar-refractivity contribution >= 4 is 30.0 Å². The molecule has 0 heterocycles. The number of carbonyl (C=O) groups excluding carboxylic acids is 2. The molecule has 0 radical (unpaired) electrons. The molecule has 6 N–H and O–H groups in total. The number of unbranched alkanes of at least 4 members (excludes halogenated alkanes) is 1. The van der Waals surface area contributed by atoms with Crippen molar-refractivity contribution in [2.45, 2.75) is 32.2 Å². The third kappa shape index (κ3) is 6.97. The Balaban J connectivity index is 0.00000400. The molecule has 118 valence electrons. The van der Waals surface area contributed by atoms with Crippen LogP contribution in [0.1, 0.15) is 36.5 Å². The van der Waals surface area contributed by atoms with Crippen molar-refractivity contribution < 1.29 is 9.59 Å². The van der Waals surface area contributed by atoms with Gasteiger partial charge >= 0.3 is 6.03 Å². The monoisotopic (exact) mass is 314 g/mol. The number of rotatable bonds is 7. The topological polar surface area (TPSA) is 110 Å². The maximum Gasteiger partial charge on any atom is 0.316 e. The van der Waals surface area contributed by atoms with Gasteiger partial charge in [0.25, 0.3) is 5.91 Å². The van der Waals surface area contributed by atoms with Crippen molar-refractivity contribution in [1.82, 2.24) is 5.32 Å². The molecular weight excluding hydrogens is 292 g/mol. The number of amides is 3. The molecule has 7 heteroatoms. The summed E-state index contributed by atoms with van der Waals surface area (Å²) in [5.41, 5.74) is 11.6. The zero-order chi connectivity index (χ0) is 15.0. The Bertz CT molecular complexity index is 468. The van der Waals surface area contributed by atoms with E-state index in [4.69, 9.17) is 11.5 Å². The summed E-state index contributed by atoms with van der Waals surface area (Å²) in [7, 11) is 0. The van der Waals surface area contributed by atoms with Gasteiger partial charge in [0, 0.05) is 23.8 Å². The van der Waals surface area contributed by atoms with Gasteiger partial charge in [0.15, 0.2) is 0 Å². The number of benzene rings is 1. The molecule has 1 rings (SSSR count). The van der Waals surface area contributed by atoms with Crippen LogP contribution in [0.2, 0.25) is 0 Å². The lowest BCUT2D eigenvalue weighted by Gasteiger charge is -2.16. The van der Waals surface area contributed by atoms with Crippen LogP contribution in [-0.2, 0) is 0 Å². The number of anilines is 1. The van der Waals surface area contributed by atoms with Crippen LogP contribution in [0.3, 0.4) is 0 Å². The first-order valence-electron chi connectivity index (χ1n) is 6.74. The third-order valence-corrected chi connectivity index (χ3v) is 2.92. The molecule has 1 aromatic rings. The minimum absolute atomic E-state index is 0. The number of hydrogen-bond donors (Lipinski definition) is 4. The molecule has 0 aromatic heterocycles. The molecule has 1 atom stereocenters. The van der Waals surface area contributed by atoms with E-state index in [1.807, 2.05) is 0 Å². The smallest absolute Gasteiger partial charge is 0.316 e. The van der Waals surface area contributed by atoms with Crippen LogP contribution in [0.4, 0.5) is 10.5 Å². The van der Waals surface area contributed by atoms with E-state index >= 15 is 0 Å². The van der Waals surface area contributed by atoms with E-state index in [2.05, 4.69) is 17.6 Å². The molecule has 0 fully saturated rings. The molecule has 0 aliphatic rings. The van der Waals surface area contributed by atoms with Crippen LogP contribution >= 0.6 is 12.4 Å². The molecule has 1 aromatic carbocycles. The Morgan fingerprint density at radius 3 is 2.62 bits per heavy atom. The Morgan fingerprint density at radius 2 is 2.05 bits per heavy atom. The molecule has 3 amide bonds. The van der Waals surface area contributed by atoms with E-state index in [9.17, 15) is 9.59 Å². The summed E-state index contributed by atoms with van der Waals surface area (Å²) in [4.78, 5) is 22.9. The Kier molecular flexibility index (Phi) is 9.16. The number of hydrogen-bond acceptors (Lipinski definition) is 3. The van der Waals surface area contributed by atoms with Crippen molar-refractivity contribution in [2.75, 3.05) is 11.9 Å². The molecule has 0 bridgehead atoms. The van der Waals surface area contributed by atoms with E-state index in [-0.39, 0.29) is 24.4 Å². The number of nitrogens with one attached hydrogen (secondary N) is 2. The van der Waals surface area contributed by atoms with Gasteiger partial charge in [0.1, 0.15) is 0 Å². The normalized spacial score (nSPS) is 11.1. The second-order valence-corrected chi connectivity index (χ2v) is 4.62. The first kappa shape index (κ1) is 19.2. The lowest BCUT2D eigenvalue weighted by Crippen LogP contribution is -2.40. The van der Waals surface area contributed by atoms with Crippen molar-refractivity contribution in [3.8, 4) is 0 Å². The first-order chi connectivity index (χ1) is 9.56. The van der Waals surface area contributed by atoms with Gasteiger partial charge in [-0.05, 0) is 24.6 Å². The maximum absolute atomic E-state index is 12.1. The van der Waals surface area contributed by atoms with Crippen LogP contribution in [0.25, 0.3) is 0 Å². The van der Waals surface area contributed by atoms with Crippen LogP contribution < -0.4 is 22.1 Å². The Morgan fingerprint density at radius 1 is 1.33 bits per heavy atom. The summed E-state index contributed by atoms with van der Waals surface area (Å²) >= 11 is 0. The lowest BCUT2D eigenvalue weighted by atomic mass is 10.1. The summed E-state index contributed by atoms with van der Waals surface area (Å²) in [6, 6.07) is 5.91. The molecule has 1 unspecified atom stereocenters. The van der Waals surface area contributed by atoms with Crippen molar-refractivity contribution in [1.29, 1.82) is 0 Å². The van der Waals surface area contributed by atoms with Gasteiger partial charge in [0.2, 0.25) is 0 Å². The fourth-order valence-corrected chi connectivity index (χ4v) is 1.85. The van der Waals surface area contributed by atoms with Gasteiger partial charge in [-0.3, -0.25) is 4.79 Å². The van der Waals surface area contributed by atoms with Crippen LogP contribution in [0.5, 0.6) is 0 Å². The van der Waals surface area contributed by atoms with Crippen molar-refractivity contribution in [3.05, 3.63) is 29.8 Å². The van der Waals surface area contributed by atoms with Gasteiger partial charge in [-0.1, -0.05) is 25.8 Å². The number of halogens is 1. The average molecular weight is 315 g/mol. The molecule has 0 saturated carbocycles. The summed E-state index contributed by atoms with van der Waals surface area (Å²) < 4.78 is 0. The highest BCUT2D eigenvalue weighted by Gasteiger charge is 2.12. The molecule has 6 nitrogen and oxygen atoms in total. The minimum Gasteiger partial charge on any atom is -0.351 e. The number of primary amides is 1. The number of carbonyl (C=O) groups is 2. The number of urea groups is 1. The molecule has 0 aliphatic carbocycles. The number of nitrogens with two attached hydrogens (primary N) is 2. The van der Waals surface area contributed by atoms with E-state index in [1.54, 1.807) is 24.3 Å². The Labute approximate surface area is 131 Å². The molecule has 21 heavy (non-hydrogen) atoms. The zero-order valence-corrected chi connectivity index (χ0v) is 12.9. The van der Waals surface area contributed by atoms with E-state index in [0.717, 1.165) is 19.3 Å². The van der Waals surface area contributed by atoms with Crippen LogP contribution in [0.15, 0.2) is 24.3 Å². The Hall–Kier alpha value is -1.79. The van der Waals surface area contributed by atoms with Gasteiger partial charge in [-0.2, -0.15) is 0 Å². The molecule has 0 aliphatic heterocycles. The molecular formula is C14H23ClN4O2. The third-order valence-electron chi connectivity index (χ3n) is 2.92. The second kappa shape index (κ2) is 10.0. The summed E-state index contributed by atoms with van der Waals surface area (Å²) in [6.07, 6.45) is 2.94. The second-order valence-electron chi connectivity index (χ2n) is 4.62. The van der Waals surface area contributed by atoms with Crippen LogP contribution in [-0.4, -0.2) is 24.5 Å². The first-order valence-corrected chi connectivity index (χ1v) is 6.74. The quantitative estimate of drug-likeness (QED) is 0.616. The zero-order valence-electron chi connectivity index (χ0n) is 12.1. The fraction of sp³-hybridized carbons (Fsp3) is 0.429. The van der Waals surface area contributed by atoms with Crippen molar-refractivity contribution in [2.24, 2.45) is 11.5 Å². The highest BCUT2D eigenvalue weighted by Crippen LogP contribution is 2.11. The van der Waals surface area contributed by atoms with Gasteiger partial charge < -0.3 is 22.1 Å². The highest BCUT2D eigenvalue weighted by molar-refractivity contribution is 5.96. The van der Waals surface area contributed by atoms with Crippen molar-refractivity contribution in [3.63, 3.8) is 0 Å². The predicted molar refractivity (Wildman–Crippen MR) is 86.7 cm³/mol. The average Bonchev–Trinajstić information content (AvgIpc) is 2.42. The molecule has 0 spiro atoms. The van der Waals surface area contributed by atoms with E-state index in [1.165, 1.54) is 0 Å². The summed E-state index contributed by atoms with van der Waals surface area (Å²) in [5.74, 6) is -0.204. The maximum atomic E-state index is 12.1. The van der Waals surface area contributed by atoms with Crippen LogP contribution in [0, 0.1) is 0 Å². The van der Waals surface area contributed by atoms with E-state index < -0.39 is 6.03 Å². The summed E-state index contributed by atoms with van der Waals surface area (Å²) in [6.45, 7) is 2.50. The standard InChI is InChI=1S/C14H22N4O2.ClH/c1-2-3-6-12(9-15)17-13(19)10-5-4-7-11(8-10)18-14(16)20;/h4-5,7-8,12H,2-3,6,9,15H2,1H3,(H,17,19)(H3,16,18,20);1H. The summed E-state index contributed by atoms with van der Waals surface area (Å²) in [5, 5.41) is 5.33. The minimum atomic E-state index is -0.662. The van der Waals surface area contributed by atoms with Gasteiger partial charge in [0.05, 0.1) is 0 Å². The molecule has 0 saturated heterocycles. The largest absolute Gasteiger partial charge is 0.351 e. The fourth-order valence-electron chi connectivity index (χ4n) is 1.85. The highest BCUT2D eigenvalue weighted by atomic mass is 35.5. The van der Waals surface area contributed by atoms with E-state index in [0.29, 0.717) is 17.8 Å². The predicted octanol–water partition coefficient (Wildman–Crippen LogP) is 1.85. The lowest BCUT2D eigenvalue weighted by molar-refractivity contribution is 0.0935. The van der Waals surface area contributed by atoms with Gasteiger partial charge in [-0.25, -0.2) is 4.79 Å². The van der Waals surface area contributed by atoms with Gasteiger partial charge in [-0.15, -0.1) is 12.4 Å².